The second kappa shape index (κ2) is 4.47. The van der Waals surface area contributed by atoms with E-state index in [0.29, 0.717) is 11.7 Å². The summed E-state index contributed by atoms with van der Waals surface area (Å²) in [7, 11) is 0. The summed E-state index contributed by atoms with van der Waals surface area (Å²) in [4.78, 5) is 0. The molecule has 0 fully saturated rings. The zero-order chi connectivity index (χ0) is 10.7. The van der Waals surface area contributed by atoms with Crippen LogP contribution in [0.25, 0.3) is 0 Å². The van der Waals surface area contributed by atoms with Crippen LogP contribution in [0.3, 0.4) is 0 Å². The van der Waals surface area contributed by atoms with E-state index < -0.39 is 0 Å². The summed E-state index contributed by atoms with van der Waals surface area (Å²) in [6.45, 7) is 6.21. The van der Waals surface area contributed by atoms with E-state index in [-0.39, 0.29) is 6.04 Å². The molecule has 0 radical (unpaired) electrons. The molecule has 1 rings (SSSR count). The van der Waals surface area contributed by atoms with Gasteiger partial charge in [-0.2, -0.15) is 0 Å². The van der Waals surface area contributed by atoms with Crippen molar-refractivity contribution in [1.29, 1.82) is 0 Å². The summed E-state index contributed by atoms with van der Waals surface area (Å²) >= 11 is 0. The minimum atomic E-state index is 0.0781. The van der Waals surface area contributed by atoms with Gasteiger partial charge in [-0.05, 0) is 36.5 Å². The normalized spacial score (nSPS) is 13.2. The molecule has 0 spiro atoms. The lowest BCUT2D eigenvalue weighted by Gasteiger charge is -2.15. The first-order chi connectivity index (χ1) is 6.50. The van der Waals surface area contributed by atoms with Crippen molar-refractivity contribution in [2.45, 2.75) is 33.2 Å². The third-order valence-corrected chi connectivity index (χ3v) is 2.37. The molecule has 0 aromatic heterocycles. The highest BCUT2D eigenvalue weighted by Gasteiger charge is 2.09. The van der Waals surface area contributed by atoms with Gasteiger partial charge in [0.1, 0.15) is 5.75 Å². The Morgan fingerprint density at radius 2 is 2.00 bits per heavy atom. The standard InChI is InChI=1S/C12H19NO/c1-8(2)6-11(13)10-4-5-12(14)9(3)7-10/h4-5,7-8,11,14H,6,13H2,1-3H3. The summed E-state index contributed by atoms with van der Waals surface area (Å²) in [5.74, 6) is 0.935. The summed E-state index contributed by atoms with van der Waals surface area (Å²) in [5, 5.41) is 9.37. The highest BCUT2D eigenvalue weighted by Crippen LogP contribution is 2.23. The quantitative estimate of drug-likeness (QED) is 0.775. The molecule has 14 heavy (non-hydrogen) atoms. The predicted molar refractivity (Wildman–Crippen MR) is 59.2 cm³/mol. The third kappa shape index (κ3) is 2.74. The van der Waals surface area contributed by atoms with E-state index in [2.05, 4.69) is 13.8 Å². The van der Waals surface area contributed by atoms with Crippen LogP contribution in [-0.4, -0.2) is 5.11 Å². The molecule has 0 aliphatic carbocycles. The lowest BCUT2D eigenvalue weighted by molar-refractivity contribution is 0.469. The van der Waals surface area contributed by atoms with Gasteiger partial charge in [-0.1, -0.05) is 26.0 Å². The molecule has 0 heterocycles. The number of hydrogen-bond acceptors (Lipinski definition) is 2. The van der Waals surface area contributed by atoms with E-state index in [4.69, 9.17) is 5.73 Å². The van der Waals surface area contributed by atoms with Crippen LogP contribution in [0.2, 0.25) is 0 Å². The van der Waals surface area contributed by atoms with Crippen LogP contribution >= 0.6 is 0 Å². The number of phenols is 1. The van der Waals surface area contributed by atoms with Gasteiger partial charge < -0.3 is 10.8 Å². The summed E-state index contributed by atoms with van der Waals surface area (Å²) in [6, 6.07) is 5.65. The van der Waals surface area contributed by atoms with Gasteiger partial charge in [0.05, 0.1) is 0 Å². The van der Waals surface area contributed by atoms with E-state index in [1.807, 2.05) is 19.1 Å². The zero-order valence-corrected chi connectivity index (χ0v) is 9.12. The number of aryl methyl sites for hydroxylation is 1. The fraction of sp³-hybridized carbons (Fsp3) is 0.500. The Morgan fingerprint density at radius 1 is 1.36 bits per heavy atom. The smallest absolute Gasteiger partial charge is 0.118 e. The summed E-state index contributed by atoms with van der Waals surface area (Å²) in [6.07, 6.45) is 0.976. The first-order valence-electron chi connectivity index (χ1n) is 5.05. The third-order valence-electron chi connectivity index (χ3n) is 2.37. The van der Waals surface area contributed by atoms with Crippen molar-refractivity contribution in [2.75, 3.05) is 0 Å². The van der Waals surface area contributed by atoms with Crippen LogP contribution in [0, 0.1) is 12.8 Å². The van der Waals surface area contributed by atoms with Gasteiger partial charge >= 0.3 is 0 Å². The van der Waals surface area contributed by atoms with Crippen LogP contribution in [0.5, 0.6) is 5.75 Å². The van der Waals surface area contributed by atoms with Crippen LogP contribution < -0.4 is 5.73 Å². The van der Waals surface area contributed by atoms with Crippen molar-refractivity contribution in [3.63, 3.8) is 0 Å². The Hall–Kier alpha value is -1.02. The largest absolute Gasteiger partial charge is 0.508 e. The van der Waals surface area contributed by atoms with Crippen LogP contribution in [0.4, 0.5) is 0 Å². The molecule has 1 atom stereocenters. The SMILES string of the molecule is Cc1cc(C(N)CC(C)C)ccc1O. The Kier molecular flexibility index (Phi) is 3.53. The average Bonchev–Trinajstić information content (AvgIpc) is 2.08. The molecule has 2 heteroatoms. The van der Waals surface area contributed by atoms with Gasteiger partial charge in [0.2, 0.25) is 0 Å². The average molecular weight is 193 g/mol. The van der Waals surface area contributed by atoms with E-state index in [9.17, 15) is 5.11 Å². The number of aromatic hydroxyl groups is 1. The minimum Gasteiger partial charge on any atom is -0.508 e. The number of phenolic OH excluding ortho intramolecular Hbond substituents is 1. The lowest BCUT2D eigenvalue weighted by Crippen LogP contribution is -2.12. The lowest BCUT2D eigenvalue weighted by atomic mass is 9.96. The molecule has 1 aromatic carbocycles. The first-order valence-corrected chi connectivity index (χ1v) is 5.05. The number of rotatable bonds is 3. The minimum absolute atomic E-state index is 0.0781. The molecule has 0 aliphatic heterocycles. The molecule has 1 aromatic rings. The maximum absolute atomic E-state index is 9.37. The fourth-order valence-electron chi connectivity index (χ4n) is 1.55. The van der Waals surface area contributed by atoms with Crippen molar-refractivity contribution in [3.8, 4) is 5.75 Å². The fourth-order valence-corrected chi connectivity index (χ4v) is 1.55. The Bertz CT molecular complexity index is 307. The van der Waals surface area contributed by atoms with Crippen LogP contribution in [0.1, 0.15) is 37.4 Å². The Balaban J connectivity index is 2.80. The van der Waals surface area contributed by atoms with Crippen LogP contribution in [0.15, 0.2) is 18.2 Å². The molecular formula is C12H19NO. The molecule has 3 N–H and O–H groups in total. The molecule has 78 valence electrons. The molecule has 1 unspecified atom stereocenters. The molecule has 0 amide bonds. The van der Waals surface area contributed by atoms with Gasteiger partial charge in [-0.3, -0.25) is 0 Å². The maximum Gasteiger partial charge on any atom is 0.118 e. The van der Waals surface area contributed by atoms with E-state index >= 15 is 0 Å². The maximum atomic E-state index is 9.37. The van der Waals surface area contributed by atoms with Crippen LogP contribution in [-0.2, 0) is 0 Å². The molecule has 2 nitrogen and oxygen atoms in total. The Labute approximate surface area is 85.8 Å². The predicted octanol–water partition coefficient (Wildman–Crippen LogP) is 2.75. The highest BCUT2D eigenvalue weighted by molar-refractivity contribution is 5.36. The second-order valence-electron chi connectivity index (χ2n) is 4.28. The van der Waals surface area contributed by atoms with Crippen molar-refractivity contribution in [2.24, 2.45) is 11.7 Å². The van der Waals surface area contributed by atoms with Gasteiger partial charge in [0.25, 0.3) is 0 Å². The van der Waals surface area contributed by atoms with Gasteiger partial charge in [0, 0.05) is 6.04 Å². The highest BCUT2D eigenvalue weighted by atomic mass is 16.3. The number of benzene rings is 1. The first kappa shape index (κ1) is 11.1. The van der Waals surface area contributed by atoms with Gasteiger partial charge in [-0.15, -0.1) is 0 Å². The number of hydrogen-bond donors (Lipinski definition) is 2. The number of nitrogens with two attached hydrogens (primary N) is 1. The molecule has 0 saturated carbocycles. The van der Waals surface area contributed by atoms with E-state index in [1.165, 1.54) is 0 Å². The molecule has 0 aliphatic rings. The van der Waals surface area contributed by atoms with Crippen molar-refractivity contribution >= 4 is 0 Å². The van der Waals surface area contributed by atoms with Gasteiger partial charge in [0.15, 0.2) is 0 Å². The molecule has 0 bridgehead atoms. The second-order valence-corrected chi connectivity index (χ2v) is 4.28. The van der Waals surface area contributed by atoms with Crippen molar-refractivity contribution in [1.82, 2.24) is 0 Å². The Morgan fingerprint density at radius 3 is 2.50 bits per heavy atom. The van der Waals surface area contributed by atoms with Crippen molar-refractivity contribution in [3.05, 3.63) is 29.3 Å². The van der Waals surface area contributed by atoms with E-state index in [1.54, 1.807) is 6.07 Å². The van der Waals surface area contributed by atoms with Crippen molar-refractivity contribution < 1.29 is 5.11 Å². The summed E-state index contributed by atoms with van der Waals surface area (Å²) in [5.41, 5.74) is 8.03. The molecule has 0 saturated heterocycles. The zero-order valence-electron chi connectivity index (χ0n) is 9.12. The topological polar surface area (TPSA) is 46.2 Å². The monoisotopic (exact) mass is 193 g/mol. The van der Waals surface area contributed by atoms with E-state index in [0.717, 1.165) is 17.5 Å². The molecular weight excluding hydrogens is 174 g/mol. The van der Waals surface area contributed by atoms with Gasteiger partial charge in [-0.25, -0.2) is 0 Å². The summed E-state index contributed by atoms with van der Waals surface area (Å²) < 4.78 is 0.